The first-order valence-corrected chi connectivity index (χ1v) is 43.1. The first-order chi connectivity index (χ1) is 59.7. The zero-order chi connectivity index (χ0) is 89.0. The number of rotatable bonds is 103. The molecule has 0 rings (SSSR count). The summed E-state index contributed by atoms with van der Waals surface area (Å²) in [6.07, 6.45) is 5.47. The highest BCUT2D eigenvalue weighted by Gasteiger charge is 2.34. The molecule has 0 bridgehead atoms. The maximum absolute atomic E-state index is 8.79. The molecule has 121 heavy (non-hydrogen) atoms. The molecule has 0 amide bonds. The zero-order valence-corrected chi connectivity index (χ0v) is 73.8. The summed E-state index contributed by atoms with van der Waals surface area (Å²) in [5, 5.41) is 61.0. The monoisotopic (exact) mass is 1780 g/mol. The topological polar surface area (TPSA) is 582 Å². The average Bonchev–Trinajstić information content (AvgIpc) is 0.875. The van der Waals surface area contributed by atoms with Gasteiger partial charge in [-0.1, -0.05) is 0 Å². The van der Waals surface area contributed by atoms with E-state index in [1.165, 1.54) is 0 Å². The molecule has 42 nitrogen and oxygen atoms in total. The Balaban J connectivity index is -0.000000764. The van der Waals surface area contributed by atoms with Gasteiger partial charge in [-0.15, -0.1) is 0 Å². The van der Waals surface area contributed by atoms with Crippen LogP contribution in [0.4, 0.5) is 0 Å². The Morgan fingerprint density at radius 3 is 0.413 bits per heavy atom. The third-order valence-electron chi connectivity index (χ3n) is 15.2. The van der Waals surface area contributed by atoms with Crippen LogP contribution < -0.4 is 40.1 Å². The van der Waals surface area contributed by atoms with Crippen molar-refractivity contribution in [2.24, 2.45) is 51.0 Å². The van der Waals surface area contributed by atoms with Crippen LogP contribution in [0.5, 0.6) is 0 Å². The minimum Gasteiger partial charge on any atom is -0.394 e. The molecule has 0 atom stereocenters. The van der Waals surface area contributed by atoms with Crippen molar-refractivity contribution >= 4 is 0 Å². The van der Waals surface area contributed by atoms with Crippen molar-refractivity contribution in [2.75, 3.05) is 449 Å². The Morgan fingerprint density at radius 2 is 0.273 bits per heavy atom. The van der Waals surface area contributed by atoms with Gasteiger partial charge in [0.15, 0.2) is 0 Å². The molecule has 734 valence electrons. The van der Waals surface area contributed by atoms with Crippen LogP contribution in [0.1, 0.15) is 44.9 Å². The molecular formula is C79H173N7O35. The fraction of sp³-hybridized carbons (Fsp3) is 1.00. The lowest BCUT2D eigenvalue weighted by Gasteiger charge is -2.33. The molecule has 0 saturated heterocycles. The van der Waals surface area contributed by atoms with Gasteiger partial charge in [0.2, 0.25) is 0 Å². The van der Waals surface area contributed by atoms with Gasteiger partial charge in [0.1, 0.15) is 12.2 Å². The van der Waals surface area contributed by atoms with Gasteiger partial charge in [0.05, 0.1) is 368 Å². The smallest absolute Gasteiger partial charge is 0.104 e. The second-order valence-electron chi connectivity index (χ2n) is 26.3. The molecule has 0 aromatic heterocycles. The standard InChI is InChI=1S/C25H56N4O8.C21H44O12.C18H41N3O6.C15H32O9/c26-5-1-9-30-13-17-34-21-25(22-35-18-14-31-10-2-6-27,23-36-19-15-32-11-3-7-28)24-37-20-16-33-12-4-8-29;22-1-5-26-9-13-30-17-21(18-31-14-10-27-6-2-23,19-32-15-11-28-7-3-24)20-33-16-12-29-8-4-25;19-4-1-7-22-10-12-25-16-18(27-15-14-24-9-3-6-21)17-26-13-11-23-8-2-5-20;16-1-4-19-7-9-22-13-15(24-12-11-21-6-3-18)14-23-10-8-20-5-2-17/h1-24,26-29H2;22-25H,1-20H2;18H,1-17,19-21H2;15-18H,1-14H2. The number of hydrogen-bond donors (Lipinski definition) is 14. The van der Waals surface area contributed by atoms with Gasteiger partial charge in [0.25, 0.3) is 0 Å². The highest BCUT2D eigenvalue weighted by molar-refractivity contribution is 4.81. The third-order valence-corrected chi connectivity index (χ3v) is 15.2. The number of nitrogens with two attached hydrogens (primary N) is 7. The molecule has 0 heterocycles. The number of aliphatic hydroxyl groups excluding tert-OH is 7. The second kappa shape index (κ2) is 114. The van der Waals surface area contributed by atoms with E-state index in [1.54, 1.807) is 0 Å². The van der Waals surface area contributed by atoms with Crippen LogP contribution in [-0.4, -0.2) is 497 Å². The van der Waals surface area contributed by atoms with E-state index < -0.39 is 10.8 Å². The molecule has 42 heteroatoms. The van der Waals surface area contributed by atoms with Crippen molar-refractivity contribution in [3.05, 3.63) is 0 Å². The fourth-order valence-corrected chi connectivity index (χ4v) is 9.10. The van der Waals surface area contributed by atoms with E-state index in [0.29, 0.717) is 343 Å². The number of ether oxygens (including phenoxy) is 28. The number of hydrogen-bond acceptors (Lipinski definition) is 42. The van der Waals surface area contributed by atoms with Crippen molar-refractivity contribution in [3.8, 4) is 0 Å². The van der Waals surface area contributed by atoms with Crippen LogP contribution in [0.3, 0.4) is 0 Å². The van der Waals surface area contributed by atoms with Gasteiger partial charge in [-0.05, 0) is 90.8 Å². The van der Waals surface area contributed by atoms with E-state index in [4.69, 9.17) is 209 Å². The maximum atomic E-state index is 8.79. The lowest BCUT2D eigenvalue weighted by molar-refractivity contribution is -0.122. The van der Waals surface area contributed by atoms with Crippen molar-refractivity contribution < 1.29 is 168 Å². The Morgan fingerprint density at radius 1 is 0.149 bits per heavy atom. The maximum Gasteiger partial charge on any atom is 0.104 e. The predicted molar refractivity (Wildman–Crippen MR) is 451 cm³/mol. The second-order valence-corrected chi connectivity index (χ2v) is 26.3. The van der Waals surface area contributed by atoms with Crippen molar-refractivity contribution in [3.63, 3.8) is 0 Å². The lowest BCUT2D eigenvalue weighted by atomic mass is 9.92. The van der Waals surface area contributed by atoms with Gasteiger partial charge in [0, 0.05) is 46.2 Å². The van der Waals surface area contributed by atoms with Crippen LogP contribution in [0.2, 0.25) is 0 Å². The van der Waals surface area contributed by atoms with Gasteiger partial charge in [-0.2, -0.15) is 0 Å². The zero-order valence-electron chi connectivity index (χ0n) is 73.8. The fourth-order valence-electron chi connectivity index (χ4n) is 9.10. The van der Waals surface area contributed by atoms with Gasteiger partial charge in [-0.3, -0.25) is 0 Å². The molecule has 0 radical (unpaired) electrons. The van der Waals surface area contributed by atoms with E-state index in [-0.39, 0.29) is 118 Å². The normalized spacial score (nSPS) is 11.8. The molecule has 0 fully saturated rings. The third kappa shape index (κ3) is 105. The first kappa shape index (κ1) is 126. The minimum atomic E-state index is -0.623. The summed E-state index contributed by atoms with van der Waals surface area (Å²) in [5.41, 5.74) is 37.1. The van der Waals surface area contributed by atoms with Crippen LogP contribution >= 0.6 is 0 Å². The molecule has 0 aliphatic heterocycles. The first-order valence-electron chi connectivity index (χ1n) is 43.1. The highest BCUT2D eigenvalue weighted by Crippen LogP contribution is 2.23. The lowest BCUT2D eigenvalue weighted by Crippen LogP contribution is -2.43. The highest BCUT2D eigenvalue weighted by atomic mass is 16.6. The summed E-state index contributed by atoms with van der Waals surface area (Å²) >= 11 is 0. The van der Waals surface area contributed by atoms with E-state index in [2.05, 4.69) is 0 Å². The van der Waals surface area contributed by atoms with E-state index in [1.807, 2.05) is 0 Å². The van der Waals surface area contributed by atoms with Crippen LogP contribution in [0, 0.1) is 10.8 Å². The summed E-state index contributed by atoms with van der Waals surface area (Å²) in [6.45, 7) is 26.8. The molecular weight excluding hydrogens is 1610 g/mol. The summed E-state index contributed by atoms with van der Waals surface area (Å²) < 4.78 is 155. The predicted octanol–water partition coefficient (Wildman–Crippen LogP) is -4.49. The molecule has 0 spiro atoms. The molecule has 0 saturated carbocycles. The molecule has 0 aliphatic carbocycles. The van der Waals surface area contributed by atoms with Gasteiger partial charge in [-0.25, -0.2) is 0 Å². The molecule has 0 unspecified atom stereocenters. The Bertz CT molecular complexity index is 1630. The van der Waals surface area contributed by atoms with Gasteiger partial charge < -0.3 is 209 Å². The molecule has 0 aromatic carbocycles. The largest absolute Gasteiger partial charge is 0.394 e. The number of aliphatic hydroxyl groups is 7. The van der Waals surface area contributed by atoms with Crippen molar-refractivity contribution in [1.82, 2.24) is 0 Å². The van der Waals surface area contributed by atoms with Crippen molar-refractivity contribution in [2.45, 2.75) is 57.2 Å². The Kier molecular flexibility index (Phi) is 119. The minimum absolute atomic E-state index is 0.00817. The summed E-state index contributed by atoms with van der Waals surface area (Å²) in [5.74, 6) is 0. The molecule has 21 N–H and O–H groups in total. The molecule has 0 aromatic rings. The summed E-state index contributed by atoms with van der Waals surface area (Å²) in [6, 6.07) is 0. The van der Waals surface area contributed by atoms with E-state index >= 15 is 0 Å². The quantitative estimate of drug-likeness (QED) is 0.0255. The Hall–Kier alpha value is -1.68. The average molecular weight is 1780 g/mol. The summed E-state index contributed by atoms with van der Waals surface area (Å²) in [4.78, 5) is 0. The van der Waals surface area contributed by atoms with Crippen LogP contribution in [-0.2, 0) is 133 Å². The van der Waals surface area contributed by atoms with Gasteiger partial charge >= 0.3 is 0 Å². The Labute approximate surface area is 722 Å². The van der Waals surface area contributed by atoms with Crippen molar-refractivity contribution in [1.29, 1.82) is 0 Å². The SMILES string of the molecule is NCCCOCCOCC(COCCOCCCN)(COCCOCCCN)COCCOCCCN.NCCCOCCOCC(COCCOCCCN)OCCOCCCN.OCCOCCOCC(COCCOCCO)(COCCOCCO)COCCOCCO.OCCOCCOCC(COCCOCCO)OCCOCCO. The summed E-state index contributed by atoms with van der Waals surface area (Å²) in [7, 11) is 0. The van der Waals surface area contributed by atoms with E-state index in [0.717, 1.165) is 44.9 Å². The molecule has 0 aliphatic rings. The van der Waals surface area contributed by atoms with E-state index in [9.17, 15) is 0 Å². The van der Waals surface area contributed by atoms with Crippen LogP contribution in [0.25, 0.3) is 0 Å². The van der Waals surface area contributed by atoms with Crippen LogP contribution in [0.15, 0.2) is 0 Å².